The third-order valence-corrected chi connectivity index (χ3v) is 4.24. The molecule has 0 aliphatic carbocycles. The van der Waals surface area contributed by atoms with E-state index >= 15 is 0 Å². The van der Waals surface area contributed by atoms with E-state index in [0.717, 1.165) is 19.5 Å². The number of nitrogens with zero attached hydrogens (tertiary/aromatic N) is 2. The van der Waals surface area contributed by atoms with Gasteiger partial charge in [0.2, 0.25) is 0 Å². The minimum absolute atomic E-state index is 0.419. The first-order chi connectivity index (χ1) is 7.34. The number of hydrazone groups is 1. The summed E-state index contributed by atoms with van der Waals surface area (Å²) in [6, 6.07) is 4.74. The summed E-state index contributed by atoms with van der Waals surface area (Å²) in [5.41, 5.74) is 4.66. The van der Waals surface area contributed by atoms with Crippen molar-refractivity contribution < 1.29 is 0 Å². The lowest BCUT2D eigenvalue weighted by Gasteiger charge is -2.30. The van der Waals surface area contributed by atoms with Crippen LogP contribution in [0.25, 0.3) is 0 Å². The van der Waals surface area contributed by atoms with E-state index in [-0.39, 0.29) is 0 Å². The van der Waals surface area contributed by atoms with Gasteiger partial charge in [0, 0.05) is 36.0 Å². The molecule has 15 heavy (non-hydrogen) atoms. The van der Waals surface area contributed by atoms with Crippen molar-refractivity contribution in [1.29, 1.82) is 0 Å². The van der Waals surface area contributed by atoms with Crippen LogP contribution in [0, 0.1) is 5.92 Å². The average molecular weight is 221 g/mol. The van der Waals surface area contributed by atoms with E-state index in [0.29, 0.717) is 12.0 Å². The van der Waals surface area contributed by atoms with Gasteiger partial charge >= 0.3 is 0 Å². The van der Waals surface area contributed by atoms with Gasteiger partial charge in [-0.05, 0) is 18.5 Å². The summed E-state index contributed by atoms with van der Waals surface area (Å²) in [5.74, 6) is 0.586. The normalized spacial score (nSPS) is 30.9. The van der Waals surface area contributed by atoms with Gasteiger partial charge in [-0.25, -0.2) is 0 Å². The Morgan fingerprint density at radius 1 is 1.60 bits per heavy atom. The molecule has 2 unspecified atom stereocenters. The van der Waals surface area contributed by atoms with Crippen molar-refractivity contribution in [2.75, 3.05) is 20.1 Å². The summed E-state index contributed by atoms with van der Waals surface area (Å²) >= 11 is 1.82. The van der Waals surface area contributed by atoms with Crippen molar-refractivity contribution in [3.8, 4) is 0 Å². The fourth-order valence-corrected chi connectivity index (χ4v) is 3.27. The molecule has 0 saturated carbocycles. The van der Waals surface area contributed by atoms with Gasteiger partial charge < -0.3 is 10.3 Å². The number of thiophene rings is 1. The minimum atomic E-state index is 0.419. The third-order valence-electron chi connectivity index (χ3n) is 3.29. The molecule has 1 fully saturated rings. The van der Waals surface area contributed by atoms with E-state index in [1.165, 1.54) is 10.6 Å². The molecule has 80 valence electrons. The van der Waals surface area contributed by atoms with Crippen LogP contribution in [-0.2, 0) is 0 Å². The molecule has 1 aromatic heterocycles. The number of nitrogens with one attached hydrogen (secondary N) is 1. The fourth-order valence-electron chi connectivity index (χ4n) is 2.43. The highest BCUT2D eigenvalue weighted by molar-refractivity contribution is 7.10. The first kappa shape index (κ1) is 9.36. The maximum Gasteiger partial charge on any atom is 0.0874 e. The topological polar surface area (TPSA) is 27.6 Å². The van der Waals surface area contributed by atoms with Gasteiger partial charge in [0.05, 0.1) is 6.04 Å². The Hall–Kier alpha value is -0.870. The van der Waals surface area contributed by atoms with Crippen LogP contribution in [0.15, 0.2) is 22.6 Å². The zero-order valence-electron chi connectivity index (χ0n) is 8.81. The summed E-state index contributed by atoms with van der Waals surface area (Å²) in [6.45, 7) is 2.28. The van der Waals surface area contributed by atoms with Crippen molar-refractivity contribution in [2.45, 2.75) is 12.5 Å². The first-order valence-corrected chi connectivity index (χ1v) is 6.26. The van der Waals surface area contributed by atoms with E-state index in [1.807, 2.05) is 11.3 Å². The summed E-state index contributed by atoms with van der Waals surface area (Å²) in [6.07, 6.45) is 1.12. The van der Waals surface area contributed by atoms with Crippen LogP contribution in [0.3, 0.4) is 0 Å². The van der Waals surface area contributed by atoms with Gasteiger partial charge in [-0.2, -0.15) is 5.10 Å². The maximum absolute atomic E-state index is 4.48. The van der Waals surface area contributed by atoms with Crippen molar-refractivity contribution >= 4 is 17.0 Å². The van der Waals surface area contributed by atoms with Gasteiger partial charge in [0.15, 0.2) is 0 Å². The van der Waals surface area contributed by atoms with E-state index in [2.05, 4.69) is 40.0 Å². The highest BCUT2D eigenvalue weighted by Crippen LogP contribution is 2.33. The second-order valence-electron chi connectivity index (χ2n) is 4.34. The number of rotatable bonds is 1. The molecule has 0 aromatic carbocycles. The van der Waals surface area contributed by atoms with E-state index in [1.54, 1.807) is 0 Å². The quantitative estimate of drug-likeness (QED) is 0.781. The molecule has 3 nitrogen and oxygen atoms in total. The smallest absolute Gasteiger partial charge is 0.0874 e. The number of fused-ring (bicyclic) bond motifs is 1. The largest absolute Gasteiger partial charge is 0.305 e. The van der Waals surface area contributed by atoms with Gasteiger partial charge in [0.25, 0.3) is 0 Å². The predicted octanol–water partition coefficient (Wildman–Crippen LogP) is 1.70. The minimum Gasteiger partial charge on any atom is -0.305 e. The summed E-state index contributed by atoms with van der Waals surface area (Å²) < 4.78 is 0. The van der Waals surface area contributed by atoms with Gasteiger partial charge in [0.1, 0.15) is 0 Å². The fraction of sp³-hybridized carbons (Fsp3) is 0.545. The van der Waals surface area contributed by atoms with Crippen LogP contribution in [0.5, 0.6) is 0 Å². The monoisotopic (exact) mass is 221 g/mol. The van der Waals surface area contributed by atoms with E-state index in [4.69, 9.17) is 0 Å². The standard InChI is InChI=1S/C11H15N3S/c1-14-5-4-9-8(7-14)11(13-12-9)10-3-2-6-15-10/h2-3,6,8,11,13H,4-5,7H2,1H3. The molecule has 4 heteroatoms. The summed E-state index contributed by atoms with van der Waals surface area (Å²) in [4.78, 5) is 3.81. The Labute approximate surface area is 93.8 Å². The van der Waals surface area contributed by atoms with Gasteiger partial charge in [-0.15, -0.1) is 11.3 Å². The molecule has 1 saturated heterocycles. The lowest BCUT2D eigenvalue weighted by atomic mass is 9.90. The lowest BCUT2D eigenvalue weighted by Crippen LogP contribution is -2.39. The third kappa shape index (κ3) is 1.58. The van der Waals surface area contributed by atoms with Crippen molar-refractivity contribution in [2.24, 2.45) is 11.0 Å². The van der Waals surface area contributed by atoms with E-state index in [9.17, 15) is 0 Å². The van der Waals surface area contributed by atoms with Crippen LogP contribution in [0.4, 0.5) is 0 Å². The Morgan fingerprint density at radius 2 is 2.53 bits per heavy atom. The molecule has 1 aromatic rings. The molecule has 3 rings (SSSR count). The predicted molar refractivity (Wildman–Crippen MR) is 63.2 cm³/mol. The Bertz CT molecular complexity index is 371. The molecule has 3 heterocycles. The van der Waals surface area contributed by atoms with Crippen molar-refractivity contribution in [3.63, 3.8) is 0 Å². The number of hydrogen-bond donors (Lipinski definition) is 1. The molecule has 1 N–H and O–H groups in total. The Morgan fingerprint density at radius 3 is 3.33 bits per heavy atom. The zero-order chi connectivity index (χ0) is 10.3. The number of likely N-dealkylation sites (tertiary alicyclic amines) is 1. The summed E-state index contributed by atoms with van der Waals surface area (Å²) in [5, 5.41) is 6.62. The maximum atomic E-state index is 4.48. The van der Waals surface area contributed by atoms with Crippen LogP contribution in [0.1, 0.15) is 17.3 Å². The van der Waals surface area contributed by atoms with E-state index < -0.39 is 0 Å². The molecule has 2 atom stereocenters. The second kappa shape index (κ2) is 3.61. The molecule has 0 spiro atoms. The zero-order valence-corrected chi connectivity index (χ0v) is 9.63. The molecule has 2 aliphatic rings. The second-order valence-corrected chi connectivity index (χ2v) is 5.32. The lowest BCUT2D eigenvalue weighted by molar-refractivity contribution is 0.274. The average Bonchev–Trinajstić information content (AvgIpc) is 2.83. The van der Waals surface area contributed by atoms with Gasteiger partial charge in [-0.1, -0.05) is 6.07 Å². The number of piperidine rings is 1. The molecule has 2 aliphatic heterocycles. The summed E-state index contributed by atoms with van der Waals surface area (Å²) in [7, 11) is 2.20. The SMILES string of the molecule is CN1CCC2=NNC(c3cccs3)C2C1. The molecule has 0 amide bonds. The first-order valence-electron chi connectivity index (χ1n) is 5.38. The molecule has 0 radical (unpaired) electrons. The Kier molecular flexibility index (Phi) is 2.25. The molecular weight excluding hydrogens is 206 g/mol. The molecular formula is C11H15N3S. The van der Waals surface area contributed by atoms with Crippen molar-refractivity contribution in [1.82, 2.24) is 10.3 Å². The van der Waals surface area contributed by atoms with Gasteiger partial charge in [-0.3, -0.25) is 0 Å². The highest BCUT2D eigenvalue weighted by Gasteiger charge is 2.36. The highest BCUT2D eigenvalue weighted by atomic mass is 32.1. The molecule has 0 bridgehead atoms. The Balaban J connectivity index is 1.84. The van der Waals surface area contributed by atoms with Crippen LogP contribution in [0.2, 0.25) is 0 Å². The van der Waals surface area contributed by atoms with Crippen LogP contribution in [-0.4, -0.2) is 30.7 Å². The van der Waals surface area contributed by atoms with Crippen molar-refractivity contribution in [3.05, 3.63) is 22.4 Å². The van der Waals surface area contributed by atoms with Crippen LogP contribution < -0.4 is 5.43 Å². The number of hydrogen-bond acceptors (Lipinski definition) is 4. The van der Waals surface area contributed by atoms with Crippen LogP contribution >= 0.6 is 11.3 Å².